The molecule has 0 aromatic heterocycles. The molecule has 92 valence electrons. The van der Waals surface area contributed by atoms with Crippen molar-refractivity contribution in [2.45, 2.75) is 20.0 Å². The minimum atomic E-state index is -0.611. The number of nitrogens with zero attached hydrogens (tertiary/aromatic N) is 1. The summed E-state index contributed by atoms with van der Waals surface area (Å²) < 4.78 is 10.0. The first-order valence-electron chi connectivity index (χ1n) is 5.25. The van der Waals surface area contributed by atoms with Crippen LogP contribution in [0.15, 0.2) is 0 Å². The minimum Gasteiger partial charge on any atom is -0.382 e. The lowest BCUT2D eigenvalue weighted by Crippen LogP contribution is -2.39. The van der Waals surface area contributed by atoms with Gasteiger partial charge in [0.05, 0.1) is 18.8 Å². The first-order chi connectivity index (χ1) is 7.56. The highest BCUT2D eigenvalue weighted by Crippen LogP contribution is 2.09. The van der Waals surface area contributed by atoms with Crippen molar-refractivity contribution in [3.8, 4) is 6.07 Å². The van der Waals surface area contributed by atoms with Gasteiger partial charge in [-0.25, -0.2) is 0 Å². The Hall–Kier alpha value is -1.12. The number of nitrogens with one attached hydrogen (secondary N) is 1. The van der Waals surface area contributed by atoms with E-state index in [-0.39, 0.29) is 17.9 Å². The fraction of sp³-hybridized carbons (Fsp3) is 0.818. The maximum absolute atomic E-state index is 11.6. The van der Waals surface area contributed by atoms with E-state index in [4.69, 9.17) is 14.7 Å². The van der Waals surface area contributed by atoms with Crippen molar-refractivity contribution < 1.29 is 14.3 Å². The topological polar surface area (TPSA) is 71.3 Å². The van der Waals surface area contributed by atoms with Crippen LogP contribution in [-0.4, -0.2) is 39.4 Å². The highest BCUT2D eigenvalue weighted by molar-refractivity contribution is 5.81. The van der Waals surface area contributed by atoms with Crippen LogP contribution in [0.2, 0.25) is 0 Å². The van der Waals surface area contributed by atoms with E-state index in [0.717, 1.165) is 0 Å². The van der Waals surface area contributed by atoms with Gasteiger partial charge in [0.2, 0.25) is 5.91 Å². The van der Waals surface area contributed by atoms with Crippen LogP contribution in [0.5, 0.6) is 0 Å². The molecule has 0 aliphatic carbocycles. The van der Waals surface area contributed by atoms with Gasteiger partial charge in [0, 0.05) is 20.8 Å². The highest BCUT2D eigenvalue weighted by atomic mass is 16.5. The third-order valence-corrected chi connectivity index (χ3v) is 2.28. The van der Waals surface area contributed by atoms with E-state index < -0.39 is 5.92 Å². The van der Waals surface area contributed by atoms with Crippen molar-refractivity contribution in [3.05, 3.63) is 0 Å². The Morgan fingerprint density at radius 2 is 2.06 bits per heavy atom. The van der Waals surface area contributed by atoms with E-state index in [0.29, 0.717) is 13.2 Å². The largest absolute Gasteiger partial charge is 0.382 e. The molecule has 0 aromatic carbocycles. The van der Waals surface area contributed by atoms with Gasteiger partial charge in [-0.15, -0.1) is 0 Å². The van der Waals surface area contributed by atoms with Gasteiger partial charge in [0.15, 0.2) is 0 Å². The minimum absolute atomic E-state index is 0.00780. The predicted octanol–water partition coefficient (Wildman–Crippen LogP) is 0.560. The van der Waals surface area contributed by atoms with E-state index in [1.807, 2.05) is 19.9 Å². The molecule has 0 aliphatic heterocycles. The van der Waals surface area contributed by atoms with Gasteiger partial charge >= 0.3 is 0 Å². The SMILES string of the molecule is COCC(CNC(=O)C(C#N)C(C)C)OC. The molecule has 0 bridgehead atoms. The predicted molar refractivity (Wildman–Crippen MR) is 59.6 cm³/mol. The first kappa shape index (κ1) is 14.9. The Kier molecular flexibility index (Phi) is 7.52. The number of carbonyl (C=O) groups is 1. The molecule has 2 atom stereocenters. The average Bonchev–Trinajstić information content (AvgIpc) is 2.24. The molecule has 0 saturated heterocycles. The van der Waals surface area contributed by atoms with Crippen LogP contribution >= 0.6 is 0 Å². The maximum Gasteiger partial charge on any atom is 0.237 e. The summed E-state index contributed by atoms with van der Waals surface area (Å²) in [5.74, 6) is -0.857. The number of carbonyl (C=O) groups excluding carboxylic acids is 1. The summed E-state index contributed by atoms with van der Waals surface area (Å²) in [6, 6.07) is 1.99. The second-order valence-corrected chi connectivity index (χ2v) is 3.91. The summed E-state index contributed by atoms with van der Waals surface area (Å²) in [6.45, 7) is 4.45. The zero-order valence-corrected chi connectivity index (χ0v) is 10.3. The lowest BCUT2D eigenvalue weighted by Gasteiger charge is -2.17. The summed E-state index contributed by atoms with van der Waals surface area (Å²) >= 11 is 0. The van der Waals surface area contributed by atoms with Crippen LogP contribution in [-0.2, 0) is 14.3 Å². The zero-order valence-electron chi connectivity index (χ0n) is 10.3. The van der Waals surface area contributed by atoms with Crippen LogP contribution < -0.4 is 5.32 Å². The van der Waals surface area contributed by atoms with Crippen LogP contribution in [0.4, 0.5) is 0 Å². The molecule has 0 spiro atoms. The number of ether oxygens (including phenoxy) is 2. The molecule has 0 aromatic rings. The Morgan fingerprint density at radius 1 is 1.44 bits per heavy atom. The van der Waals surface area contributed by atoms with Gasteiger partial charge in [-0.2, -0.15) is 5.26 Å². The normalized spacial score (nSPS) is 14.2. The number of methoxy groups -OCH3 is 2. The molecule has 2 unspecified atom stereocenters. The standard InChI is InChI=1S/C11H20N2O3/c1-8(2)10(5-12)11(14)13-6-9(16-4)7-15-3/h8-10H,6-7H2,1-4H3,(H,13,14). The molecule has 0 saturated carbocycles. The molecular weight excluding hydrogens is 208 g/mol. The quantitative estimate of drug-likeness (QED) is 0.691. The fourth-order valence-electron chi connectivity index (χ4n) is 1.23. The molecule has 5 nitrogen and oxygen atoms in total. The number of hydrogen-bond donors (Lipinski definition) is 1. The van der Waals surface area contributed by atoms with Gasteiger partial charge in [-0.05, 0) is 5.92 Å². The van der Waals surface area contributed by atoms with Crippen molar-refractivity contribution in [3.63, 3.8) is 0 Å². The van der Waals surface area contributed by atoms with Crippen molar-refractivity contribution >= 4 is 5.91 Å². The van der Waals surface area contributed by atoms with E-state index in [2.05, 4.69) is 5.32 Å². The van der Waals surface area contributed by atoms with Gasteiger partial charge in [0.1, 0.15) is 5.92 Å². The fourth-order valence-corrected chi connectivity index (χ4v) is 1.23. The van der Waals surface area contributed by atoms with Crippen molar-refractivity contribution in [2.75, 3.05) is 27.4 Å². The van der Waals surface area contributed by atoms with Gasteiger partial charge < -0.3 is 14.8 Å². The first-order valence-corrected chi connectivity index (χ1v) is 5.25. The molecule has 1 N–H and O–H groups in total. The van der Waals surface area contributed by atoms with Crippen LogP contribution in [0.3, 0.4) is 0 Å². The Bertz CT molecular complexity index is 248. The van der Waals surface area contributed by atoms with Crippen LogP contribution in [0.1, 0.15) is 13.8 Å². The number of nitriles is 1. The molecule has 0 radical (unpaired) electrons. The van der Waals surface area contributed by atoms with Gasteiger partial charge in [-0.3, -0.25) is 4.79 Å². The molecule has 0 fully saturated rings. The van der Waals surface area contributed by atoms with E-state index in [1.165, 1.54) is 0 Å². The summed E-state index contributed by atoms with van der Waals surface area (Å²) in [4.78, 5) is 11.6. The molecule has 16 heavy (non-hydrogen) atoms. The van der Waals surface area contributed by atoms with Crippen molar-refractivity contribution in [2.24, 2.45) is 11.8 Å². The van der Waals surface area contributed by atoms with E-state index >= 15 is 0 Å². The molecule has 0 heterocycles. The summed E-state index contributed by atoms with van der Waals surface area (Å²) in [7, 11) is 3.13. The monoisotopic (exact) mass is 228 g/mol. The summed E-state index contributed by atoms with van der Waals surface area (Å²) in [6.07, 6.45) is -0.180. The number of rotatable bonds is 7. The Balaban J connectivity index is 4.09. The summed E-state index contributed by atoms with van der Waals surface area (Å²) in [5.41, 5.74) is 0. The third kappa shape index (κ3) is 5.10. The second kappa shape index (κ2) is 8.08. The second-order valence-electron chi connectivity index (χ2n) is 3.91. The summed E-state index contributed by atoms with van der Waals surface area (Å²) in [5, 5.41) is 11.5. The van der Waals surface area contributed by atoms with Gasteiger partial charge in [0.25, 0.3) is 0 Å². The van der Waals surface area contributed by atoms with Crippen molar-refractivity contribution in [1.29, 1.82) is 5.26 Å². The Morgan fingerprint density at radius 3 is 2.44 bits per heavy atom. The third-order valence-electron chi connectivity index (χ3n) is 2.28. The van der Waals surface area contributed by atoms with Crippen molar-refractivity contribution in [1.82, 2.24) is 5.32 Å². The molecular formula is C11H20N2O3. The lowest BCUT2D eigenvalue weighted by atomic mass is 9.97. The average molecular weight is 228 g/mol. The Labute approximate surface area is 96.7 Å². The maximum atomic E-state index is 11.6. The zero-order chi connectivity index (χ0) is 12.6. The van der Waals surface area contributed by atoms with E-state index in [9.17, 15) is 4.79 Å². The lowest BCUT2D eigenvalue weighted by molar-refractivity contribution is -0.125. The van der Waals surface area contributed by atoms with E-state index in [1.54, 1.807) is 14.2 Å². The van der Waals surface area contributed by atoms with Crippen LogP contribution in [0, 0.1) is 23.2 Å². The molecule has 5 heteroatoms. The van der Waals surface area contributed by atoms with Gasteiger partial charge in [-0.1, -0.05) is 13.8 Å². The molecule has 0 rings (SSSR count). The smallest absolute Gasteiger partial charge is 0.237 e. The molecule has 0 aliphatic rings. The number of hydrogen-bond acceptors (Lipinski definition) is 4. The van der Waals surface area contributed by atoms with Crippen LogP contribution in [0.25, 0.3) is 0 Å². The highest BCUT2D eigenvalue weighted by Gasteiger charge is 2.22. The number of amides is 1. The molecule has 1 amide bonds.